The molecule has 1 aromatic rings. The molecule has 0 saturated carbocycles. The Hall–Kier alpha value is -1.78. The van der Waals surface area contributed by atoms with Crippen molar-refractivity contribution in [2.75, 3.05) is 13.1 Å². The van der Waals surface area contributed by atoms with E-state index in [9.17, 15) is 18.0 Å². The van der Waals surface area contributed by atoms with Gasteiger partial charge in [-0.05, 0) is 24.5 Å². The Labute approximate surface area is 115 Å². The van der Waals surface area contributed by atoms with Gasteiger partial charge < -0.3 is 4.90 Å². The molecule has 1 aliphatic rings. The van der Waals surface area contributed by atoms with Crippen LogP contribution in [0.25, 0.3) is 6.08 Å². The minimum absolute atomic E-state index is 0.0936. The number of rotatable bonds is 2. The lowest BCUT2D eigenvalue weighted by atomic mass is 9.96. The summed E-state index contributed by atoms with van der Waals surface area (Å²) >= 11 is 0. The number of alkyl halides is 3. The number of carbonyl (C=O) groups is 1. The third-order valence-electron chi connectivity index (χ3n) is 3.58. The first-order valence-corrected chi connectivity index (χ1v) is 6.51. The van der Waals surface area contributed by atoms with Crippen LogP contribution in [0.4, 0.5) is 13.2 Å². The molecular formula is C15H16F3NO. The zero-order valence-electron chi connectivity index (χ0n) is 11.0. The molecule has 1 fully saturated rings. The van der Waals surface area contributed by atoms with E-state index in [1.165, 1.54) is 4.90 Å². The number of hydrogen-bond acceptors (Lipinski definition) is 1. The van der Waals surface area contributed by atoms with Gasteiger partial charge >= 0.3 is 6.18 Å². The number of nitrogens with zero attached hydrogens (tertiary/aromatic N) is 1. The van der Waals surface area contributed by atoms with E-state index in [2.05, 4.69) is 6.58 Å². The SMILES string of the molecule is C=Cc1ccccc1C(=O)N1CCCC(C(F)(F)F)C1. The Balaban J connectivity index is 2.19. The maximum Gasteiger partial charge on any atom is 0.393 e. The van der Waals surface area contributed by atoms with Crippen molar-refractivity contribution >= 4 is 12.0 Å². The highest BCUT2D eigenvalue weighted by Crippen LogP contribution is 2.33. The van der Waals surface area contributed by atoms with Crippen LogP contribution in [0.3, 0.4) is 0 Å². The Morgan fingerprint density at radius 1 is 1.35 bits per heavy atom. The van der Waals surface area contributed by atoms with Crippen LogP contribution in [0.15, 0.2) is 30.8 Å². The minimum atomic E-state index is -4.24. The summed E-state index contributed by atoms with van der Waals surface area (Å²) in [6.07, 6.45) is -2.22. The number of hydrogen-bond donors (Lipinski definition) is 0. The molecule has 0 aliphatic carbocycles. The molecule has 20 heavy (non-hydrogen) atoms. The van der Waals surface area contributed by atoms with Gasteiger partial charge in [0.05, 0.1) is 5.92 Å². The maximum absolute atomic E-state index is 12.8. The molecule has 1 aromatic carbocycles. The first kappa shape index (κ1) is 14.6. The molecule has 0 aromatic heterocycles. The summed E-state index contributed by atoms with van der Waals surface area (Å²) < 4.78 is 38.3. The van der Waals surface area contributed by atoms with Gasteiger partial charge in [0.25, 0.3) is 5.91 Å². The minimum Gasteiger partial charge on any atom is -0.338 e. The second kappa shape index (κ2) is 5.69. The maximum atomic E-state index is 12.8. The summed E-state index contributed by atoms with van der Waals surface area (Å²) in [5.74, 6) is -1.77. The average Bonchev–Trinajstić information content (AvgIpc) is 2.45. The van der Waals surface area contributed by atoms with Crippen molar-refractivity contribution in [3.05, 3.63) is 42.0 Å². The van der Waals surface area contributed by atoms with Crippen LogP contribution in [-0.2, 0) is 0 Å². The van der Waals surface area contributed by atoms with Gasteiger partial charge in [0.1, 0.15) is 0 Å². The number of carbonyl (C=O) groups excluding carboxylic acids is 1. The van der Waals surface area contributed by atoms with E-state index in [0.717, 1.165) is 0 Å². The van der Waals surface area contributed by atoms with Gasteiger partial charge in [-0.1, -0.05) is 30.9 Å². The van der Waals surface area contributed by atoms with Crippen LogP contribution in [0.5, 0.6) is 0 Å². The number of halogens is 3. The third-order valence-corrected chi connectivity index (χ3v) is 3.58. The van der Waals surface area contributed by atoms with E-state index in [1.54, 1.807) is 30.3 Å². The van der Waals surface area contributed by atoms with Gasteiger partial charge in [-0.15, -0.1) is 0 Å². The van der Waals surface area contributed by atoms with Crippen molar-refractivity contribution < 1.29 is 18.0 Å². The summed E-state index contributed by atoms with van der Waals surface area (Å²) in [5, 5.41) is 0. The highest BCUT2D eigenvalue weighted by molar-refractivity contribution is 5.97. The topological polar surface area (TPSA) is 20.3 Å². The van der Waals surface area contributed by atoms with Crippen molar-refractivity contribution in [3.8, 4) is 0 Å². The number of likely N-dealkylation sites (tertiary alicyclic amines) is 1. The molecule has 1 aliphatic heterocycles. The van der Waals surface area contributed by atoms with Crippen molar-refractivity contribution in [2.24, 2.45) is 5.92 Å². The lowest BCUT2D eigenvalue weighted by Gasteiger charge is -2.34. The van der Waals surface area contributed by atoms with E-state index in [-0.39, 0.29) is 18.9 Å². The fraction of sp³-hybridized carbons (Fsp3) is 0.400. The van der Waals surface area contributed by atoms with Crippen LogP contribution in [0.1, 0.15) is 28.8 Å². The third kappa shape index (κ3) is 3.03. The van der Waals surface area contributed by atoms with Crippen molar-refractivity contribution in [1.82, 2.24) is 4.90 Å². The second-order valence-electron chi connectivity index (χ2n) is 4.92. The number of benzene rings is 1. The molecule has 1 atom stereocenters. The first-order chi connectivity index (χ1) is 9.43. The molecule has 1 amide bonds. The normalized spacial score (nSPS) is 19.8. The molecule has 1 unspecified atom stereocenters. The van der Waals surface area contributed by atoms with E-state index < -0.39 is 12.1 Å². The zero-order chi connectivity index (χ0) is 14.8. The van der Waals surface area contributed by atoms with Crippen molar-refractivity contribution in [3.63, 3.8) is 0 Å². The molecule has 1 saturated heterocycles. The molecule has 0 N–H and O–H groups in total. The molecular weight excluding hydrogens is 267 g/mol. The lowest BCUT2D eigenvalue weighted by molar-refractivity contribution is -0.184. The molecule has 0 radical (unpaired) electrons. The molecule has 108 valence electrons. The molecule has 0 spiro atoms. The zero-order valence-corrected chi connectivity index (χ0v) is 11.0. The van der Waals surface area contributed by atoms with E-state index in [4.69, 9.17) is 0 Å². The monoisotopic (exact) mass is 283 g/mol. The Morgan fingerprint density at radius 3 is 2.70 bits per heavy atom. The van der Waals surface area contributed by atoms with Crippen LogP contribution in [0, 0.1) is 5.92 Å². The van der Waals surface area contributed by atoms with Crippen molar-refractivity contribution in [1.29, 1.82) is 0 Å². The Morgan fingerprint density at radius 2 is 2.05 bits per heavy atom. The summed E-state index contributed by atoms with van der Waals surface area (Å²) in [6, 6.07) is 6.82. The fourth-order valence-corrected chi connectivity index (χ4v) is 2.47. The van der Waals surface area contributed by atoms with Crippen LogP contribution in [0.2, 0.25) is 0 Å². The molecule has 0 bridgehead atoms. The van der Waals surface area contributed by atoms with Crippen LogP contribution >= 0.6 is 0 Å². The first-order valence-electron chi connectivity index (χ1n) is 6.51. The van der Waals surface area contributed by atoms with Crippen LogP contribution < -0.4 is 0 Å². The largest absolute Gasteiger partial charge is 0.393 e. The number of amides is 1. The smallest absolute Gasteiger partial charge is 0.338 e. The predicted octanol–water partition coefficient (Wildman–Crippen LogP) is 3.74. The van der Waals surface area contributed by atoms with E-state index in [0.29, 0.717) is 24.1 Å². The summed E-state index contributed by atoms with van der Waals surface area (Å²) in [4.78, 5) is 13.7. The molecule has 5 heteroatoms. The van der Waals surface area contributed by atoms with Gasteiger partial charge in [-0.2, -0.15) is 13.2 Å². The molecule has 2 rings (SSSR count). The van der Waals surface area contributed by atoms with E-state index in [1.807, 2.05) is 0 Å². The standard InChI is InChI=1S/C15H16F3NO/c1-2-11-6-3-4-8-13(11)14(20)19-9-5-7-12(10-19)15(16,17)18/h2-4,6,8,12H,1,5,7,9-10H2. The van der Waals surface area contributed by atoms with Gasteiger partial charge in [-0.3, -0.25) is 4.79 Å². The van der Waals surface area contributed by atoms with E-state index >= 15 is 0 Å². The van der Waals surface area contributed by atoms with Gasteiger partial charge in [0.2, 0.25) is 0 Å². The number of piperidine rings is 1. The lowest BCUT2D eigenvalue weighted by Crippen LogP contribution is -2.44. The Bertz CT molecular complexity index is 510. The summed E-state index contributed by atoms with van der Waals surface area (Å²) in [7, 11) is 0. The second-order valence-corrected chi connectivity index (χ2v) is 4.92. The van der Waals surface area contributed by atoms with Crippen molar-refractivity contribution in [2.45, 2.75) is 19.0 Å². The quantitative estimate of drug-likeness (QED) is 0.809. The summed E-state index contributed by atoms with van der Waals surface area (Å²) in [5.41, 5.74) is 1.05. The highest BCUT2D eigenvalue weighted by atomic mass is 19.4. The van der Waals surface area contributed by atoms with Crippen LogP contribution in [-0.4, -0.2) is 30.1 Å². The van der Waals surface area contributed by atoms with Gasteiger partial charge in [-0.25, -0.2) is 0 Å². The van der Waals surface area contributed by atoms with Gasteiger partial charge in [0.15, 0.2) is 0 Å². The predicted molar refractivity (Wildman–Crippen MR) is 71.2 cm³/mol. The fourth-order valence-electron chi connectivity index (χ4n) is 2.47. The molecule has 1 heterocycles. The Kier molecular flexibility index (Phi) is 4.16. The van der Waals surface area contributed by atoms with Gasteiger partial charge in [0, 0.05) is 18.7 Å². The average molecular weight is 283 g/mol. The highest BCUT2D eigenvalue weighted by Gasteiger charge is 2.42. The summed E-state index contributed by atoms with van der Waals surface area (Å²) in [6.45, 7) is 3.74. The molecule has 2 nitrogen and oxygen atoms in total.